The number of amidine groups is 1. The zero-order chi connectivity index (χ0) is 26.9. The number of carbonyl (C=O) groups excluding carboxylic acids is 1. The molecule has 38 heavy (non-hydrogen) atoms. The van der Waals surface area contributed by atoms with Gasteiger partial charge in [0.1, 0.15) is 35.4 Å². The zero-order valence-corrected chi connectivity index (χ0v) is 20.2. The molecular weight excluding hydrogens is 511 g/mol. The van der Waals surface area contributed by atoms with Crippen molar-refractivity contribution in [1.29, 1.82) is 0 Å². The van der Waals surface area contributed by atoms with Gasteiger partial charge in [0.05, 0.1) is 18.4 Å². The van der Waals surface area contributed by atoms with Crippen LogP contribution in [0.3, 0.4) is 0 Å². The lowest BCUT2D eigenvalue weighted by Gasteiger charge is -2.37. The van der Waals surface area contributed by atoms with Crippen molar-refractivity contribution >= 4 is 23.6 Å². The molecule has 3 aliphatic heterocycles. The minimum atomic E-state index is -4.74. The van der Waals surface area contributed by atoms with E-state index in [9.17, 15) is 26.7 Å². The molecule has 1 fully saturated rings. The number of rotatable bonds is 6. The van der Waals surface area contributed by atoms with Crippen molar-refractivity contribution in [3.63, 3.8) is 0 Å². The fourth-order valence-electron chi connectivity index (χ4n) is 4.91. The van der Waals surface area contributed by atoms with E-state index in [1.807, 2.05) is 4.90 Å². The summed E-state index contributed by atoms with van der Waals surface area (Å²) in [6.45, 7) is 1.56. The molecule has 1 aromatic rings. The van der Waals surface area contributed by atoms with Gasteiger partial charge in [-0.15, -0.1) is 13.2 Å². The summed E-state index contributed by atoms with van der Waals surface area (Å²) >= 11 is 0. The summed E-state index contributed by atoms with van der Waals surface area (Å²) in [5.41, 5.74) is 1.11. The first-order chi connectivity index (χ1) is 18.2. The van der Waals surface area contributed by atoms with Gasteiger partial charge in [-0.2, -0.15) is 0 Å². The third kappa shape index (κ3) is 5.72. The maximum absolute atomic E-state index is 14.1. The van der Waals surface area contributed by atoms with E-state index in [1.54, 1.807) is 34.5 Å². The Bertz CT molecular complexity index is 1230. The van der Waals surface area contributed by atoms with Crippen molar-refractivity contribution in [2.75, 3.05) is 37.6 Å². The lowest BCUT2D eigenvalue weighted by molar-refractivity contribution is -0.306. The minimum Gasteiger partial charge on any atom is -0.410 e. The third-order valence-electron chi connectivity index (χ3n) is 6.75. The van der Waals surface area contributed by atoms with Crippen LogP contribution in [0.25, 0.3) is 0 Å². The number of benzene rings is 1. The molecule has 1 aliphatic carbocycles. The predicted octanol–water partition coefficient (Wildman–Crippen LogP) is 3.31. The monoisotopic (exact) mass is 536 g/mol. The number of halogens is 5. The highest BCUT2D eigenvalue weighted by Gasteiger charge is 2.39. The number of ether oxygens (including phenoxy) is 1. The number of nitrogens with zero attached hydrogens (tertiary/aromatic N) is 5. The quantitative estimate of drug-likeness (QED) is 0.565. The number of hydrogen-bond acceptors (Lipinski definition) is 7. The summed E-state index contributed by atoms with van der Waals surface area (Å²) in [7, 11) is 0. The normalized spacial score (nSPS) is 23.2. The second kappa shape index (κ2) is 10.6. The second-order valence-electron chi connectivity index (χ2n) is 9.13. The summed E-state index contributed by atoms with van der Waals surface area (Å²) in [4.78, 5) is 27.1. The van der Waals surface area contributed by atoms with E-state index in [-0.39, 0.29) is 24.6 Å². The number of amides is 1. The Morgan fingerprint density at radius 1 is 1.11 bits per heavy atom. The van der Waals surface area contributed by atoms with Crippen molar-refractivity contribution in [2.45, 2.75) is 31.4 Å². The van der Waals surface area contributed by atoms with Crippen LogP contribution in [0.5, 0.6) is 0 Å². The van der Waals surface area contributed by atoms with Gasteiger partial charge >= 0.3 is 6.36 Å². The smallest absolute Gasteiger partial charge is 0.410 e. The Hall–Kier alpha value is -3.74. The molecule has 3 heterocycles. The van der Waals surface area contributed by atoms with Crippen LogP contribution < -0.4 is 10.2 Å². The summed E-state index contributed by atoms with van der Waals surface area (Å²) in [6.07, 6.45) is 3.04. The van der Waals surface area contributed by atoms with Crippen molar-refractivity contribution in [3.05, 3.63) is 65.7 Å². The van der Waals surface area contributed by atoms with Crippen LogP contribution in [-0.4, -0.2) is 79.1 Å². The molecule has 5 rings (SSSR count). The number of aliphatic imine (C=N–C) groups is 2. The highest BCUT2D eigenvalue weighted by Crippen LogP contribution is 2.32. The average molecular weight is 537 g/mol. The van der Waals surface area contributed by atoms with Crippen LogP contribution in [0.2, 0.25) is 0 Å². The molecule has 0 spiro atoms. The van der Waals surface area contributed by atoms with Crippen molar-refractivity contribution in [3.8, 4) is 0 Å². The maximum Gasteiger partial charge on any atom is 0.572 e. The van der Waals surface area contributed by atoms with Gasteiger partial charge in [0, 0.05) is 51.1 Å². The third-order valence-corrected chi connectivity index (χ3v) is 6.75. The predicted molar refractivity (Wildman–Crippen MR) is 130 cm³/mol. The van der Waals surface area contributed by atoms with Crippen molar-refractivity contribution in [2.24, 2.45) is 9.98 Å². The molecule has 1 N–H and O–H groups in total. The Morgan fingerprint density at radius 3 is 2.58 bits per heavy atom. The number of anilines is 1. The minimum absolute atomic E-state index is 0.00190. The molecule has 13 heteroatoms. The lowest BCUT2D eigenvalue weighted by atomic mass is 9.95. The summed E-state index contributed by atoms with van der Waals surface area (Å²) in [5, 5.41) is 3.25. The zero-order valence-electron chi connectivity index (χ0n) is 20.2. The first-order valence-corrected chi connectivity index (χ1v) is 12.1. The SMILES string of the molecule is O=C(CNC1C(C2=CC=C(OC(F)(F)F)CC2)N=C2C=NC=CN21)N1CCN(c2ccc(F)cc2F)CC1. The Morgan fingerprint density at radius 2 is 1.89 bits per heavy atom. The Labute approximate surface area is 215 Å². The van der Waals surface area contributed by atoms with Gasteiger partial charge in [-0.1, -0.05) is 6.08 Å². The first-order valence-electron chi connectivity index (χ1n) is 12.1. The number of allylic oxidation sites excluding steroid dienone is 3. The number of fused-ring (bicyclic) bond motifs is 1. The van der Waals surface area contributed by atoms with Gasteiger partial charge < -0.3 is 19.4 Å². The first kappa shape index (κ1) is 25.9. The molecule has 0 bridgehead atoms. The molecule has 4 aliphatic rings. The Kier molecular flexibility index (Phi) is 7.19. The molecule has 8 nitrogen and oxygen atoms in total. The molecule has 2 atom stereocenters. The van der Waals surface area contributed by atoms with E-state index in [1.165, 1.54) is 18.2 Å². The molecule has 0 aromatic heterocycles. The summed E-state index contributed by atoms with van der Waals surface area (Å²) in [5.74, 6) is -1.01. The number of nitrogens with one attached hydrogen (secondary N) is 1. The topological polar surface area (TPSA) is 72.8 Å². The average Bonchev–Trinajstić information content (AvgIpc) is 3.25. The molecular formula is C25H25F5N6O2. The van der Waals surface area contributed by atoms with Gasteiger partial charge in [-0.05, 0) is 30.2 Å². The van der Waals surface area contributed by atoms with Crippen molar-refractivity contribution < 1.29 is 31.5 Å². The fourth-order valence-corrected chi connectivity index (χ4v) is 4.91. The molecule has 0 saturated carbocycles. The molecule has 1 aromatic carbocycles. The largest absolute Gasteiger partial charge is 0.572 e. The van der Waals surface area contributed by atoms with Crippen LogP contribution in [0.4, 0.5) is 27.6 Å². The van der Waals surface area contributed by atoms with E-state index in [4.69, 9.17) is 0 Å². The van der Waals surface area contributed by atoms with E-state index in [0.29, 0.717) is 44.1 Å². The van der Waals surface area contributed by atoms with Crippen LogP contribution in [0.15, 0.2) is 64.1 Å². The second-order valence-corrected chi connectivity index (χ2v) is 9.13. The lowest BCUT2D eigenvalue weighted by Crippen LogP contribution is -2.54. The van der Waals surface area contributed by atoms with Crippen LogP contribution >= 0.6 is 0 Å². The maximum atomic E-state index is 14.1. The molecule has 1 amide bonds. The number of carbonyl (C=O) groups is 1. The Balaban J connectivity index is 1.21. The van der Waals surface area contributed by atoms with Crippen molar-refractivity contribution in [1.82, 2.24) is 15.1 Å². The van der Waals surface area contributed by atoms with E-state index >= 15 is 0 Å². The van der Waals surface area contributed by atoms with Gasteiger partial charge in [0.15, 0.2) is 0 Å². The molecule has 1 saturated heterocycles. The highest BCUT2D eigenvalue weighted by molar-refractivity contribution is 6.31. The molecule has 2 unspecified atom stereocenters. The molecule has 0 radical (unpaired) electrons. The van der Waals surface area contributed by atoms with Crippen LogP contribution in [-0.2, 0) is 9.53 Å². The van der Waals surface area contributed by atoms with Gasteiger partial charge in [0.25, 0.3) is 0 Å². The van der Waals surface area contributed by atoms with E-state index in [2.05, 4.69) is 20.0 Å². The van der Waals surface area contributed by atoms with Gasteiger partial charge in [0.2, 0.25) is 5.91 Å². The number of hydrogen-bond donors (Lipinski definition) is 1. The van der Waals surface area contributed by atoms with Crippen LogP contribution in [0, 0.1) is 11.6 Å². The highest BCUT2D eigenvalue weighted by atomic mass is 19.4. The summed E-state index contributed by atoms with van der Waals surface area (Å²) in [6, 6.07) is 3.00. The van der Waals surface area contributed by atoms with E-state index in [0.717, 1.165) is 11.6 Å². The molecule has 202 valence electrons. The van der Waals surface area contributed by atoms with Gasteiger partial charge in [-0.25, -0.2) is 8.78 Å². The standard InChI is InChI=1S/C25H25F5N6O2/c26-17-3-6-20(19(27)13-17)34-9-11-35(12-10-34)22(37)15-32-24-23(33-21-14-31-7-8-36(21)24)16-1-4-18(5-2-16)38-25(28,29)30/h1,3-4,6-8,13-14,23-24,32H,2,5,9-12,15H2. The fraction of sp³-hybridized carbons (Fsp3) is 0.400. The number of alkyl halides is 3. The van der Waals surface area contributed by atoms with E-state index < -0.39 is 30.2 Å². The summed E-state index contributed by atoms with van der Waals surface area (Å²) < 4.78 is 69.1. The van der Waals surface area contributed by atoms with Crippen LogP contribution in [0.1, 0.15) is 12.8 Å². The number of piperazine rings is 1. The van der Waals surface area contributed by atoms with Gasteiger partial charge in [-0.3, -0.25) is 20.1 Å².